The van der Waals surface area contributed by atoms with E-state index in [-0.39, 0.29) is 24.4 Å². The molecule has 170 valence electrons. The summed E-state index contributed by atoms with van der Waals surface area (Å²) in [6.45, 7) is 4.63. The van der Waals surface area contributed by atoms with Crippen LogP contribution in [0.1, 0.15) is 13.3 Å². The van der Waals surface area contributed by atoms with Crippen molar-refractivity contribution in [3.63, 3.8) is 0 Å². The minimum atomic E-state index is -1.59. The molecule has 2 aliphatic heterocycles. The minimum Gasteiger partial charge on any atom is -0.457 e. The predicted molar refractivity (Wildman–Crippen MR) is 102 cm³/mol. The molecule has 4 aliphatic rings. The lowest BCUT2D eigenvalue weighted by Gasteiger charge is -2.39. The van der Waals surface area contributed by atoms with Gasteiger partial charge in [0.25, 0.3) is 0 Å². The summed E-state index contributed by atoms with van der Waals surface area (Å²) < 4.78 is 16.5. The topological polar surface area (TPSA) is 163 Å². The number of carbonyl (C=O) groups excluding carboxylic acids is 2. The second-order valence-electron chi connectivity index (χ2n) is 8.42. The molecule has 10 heteroatoms. The van der Waals surface area contributed by atoms with Crippen molar-refractivity contribution >= 4 is 11.8 Å². The van der Waals surface area contributed by atoms with Gasteiger partial charge < -0.3 is 39.7 Å². The third-order valence-corrected chi connectivity index (χ3v) is 6.64. The SMILES string of the molecule is C=C1C(=O)O[C@@H]2[C@H]3C(CO[C@@H]4O[C@H](CO)[C@@H](O)[C@H](O)[C@H]4O)=CC(=O)C3=C(C)[C@H](O)C[C@@H]12. The molecular weight excluding hydrogens is 412 g/mol. The van der Waals surface area contributed by atoms with Gasteiger partial charge in [-0.15, -0.1) is 0 Å². The van der Waals surface area contributed by atoms with Crippen LogP contribution in [0.5, 0.6) is 0 Å². The Morgan fingerprint density at radius 3 is 2.55 bits per heavy atom. The van der Waals surface area contributed by atoms with Crippen LogP contribution in [-0.2, 0) is 23.8 Å². The smallest absolute Gasteiger partial charge is 0.334 e. The van der Waals surface area contributed by atoms with Crippen molar-refractivity contribution in [3.05, 3.63) is 34.9 Å². The Hall–Kier alpha value is -1.92. The van der Waals surface area contributed by atoms with Gasteiger partial charge in [0.2, 0.25) is 0 Å². The van der Waals surface area contributed by atoms with Gasteiger partial charge in [-0.2, -0.15) is 0 Å². The number of ketones is 1. The van der Waals surface area contributed by atoms with Crippen LogP contribution in [0.2, 0.25) is 0 Å². The van der Waals surface area contributed by atoms with Crippen molar-refractivity contribution in [2.75, 3.05) is 13.2 Å². The molecule has 0 amide bonds. The van der Waals surface area contributed by atoms with Crippen molar-refractivity contribution in [2.45, 2.75) is 56.3 Å². The lowest BCUT2D eigenvalue weighted by atomic mass is 9.83. The fraction of sp³-hybridized carbons (Fsp3) is 0.619. The van der Waals surface area contributed by atoms with Crippen LogP contribution in [0.3, 0.4) is 0 Å². The number of aliphatic hydroxyl groups is 5. The maximum absolute atomic E-state index is 12.7. The summed E-state index contributed by atoms with van der Waals surface area (Å²) in [6.07, 6.45) is -7.29. The molecule has 0 bridgehead atoms. The fourth-order valence-electron chi connectivity index (χ4n) is 4.81. The highest BCUT2D eigenvalue weighted by molar-refractivity contribution is 6.09. The quantitative estimate of drug-likeness (QED) is 0.248. The molecule has 9 atom stereocenters. The first kappa shape index (κ1) is 22.3. The van der Waals surface area contributed by atoms with Gasteiger partial charge in [-0.25, -0.2) is 4.79 Å². The Balaban J connectivity index is 1.58. The molecule has 2 heterocycles. The monoisotopic (exact) mass is 438 g/mol. The summed E-state index contributed by atoms with van der Waals surface area (Å²) in [5.74, 6) is -2.03. The summed E-state index contributed by atoms with van der Waals surface area (Å²) >= 11 is 0. The van der Waals surface area contributed by atoms with Crippen LogP contribution in [0.4, 0.5) is 0 Å². The molecule has 0 aromatic heterocycles. The van der Waals surface area contributed by atoms with Crippen LogP contribution in [0, 0.1) is 11.8 Å². The van der Waals surface area contributed by atoms with E-state index < -0.39 is 67.3 Å². The number of fused-ring (bicyclic) bond motifs is 3. The number of aliphatic hydroxyl groups excluding tert-OH is 5. The molecule has 0 spiro atoms. The zero-order valence-corrected chi connectivity index (χ0v) is 16.9. The van der Waals surface area contributed by atoms with E-state index in [2.05, 4.69) is 6.58 Å². The average molecular weight is 438 g/mol. The van der Waals surface area contributed by atoms with Gasteiger partial charge in [-0.05, 0) is 30.6 Å². The summed E-state index contributed by atoms with van der Waals surface area (Å²) in [4.78, 5) is 24.9. The van der Waals surface area contributed by atoms with Crippen LogP contribution in [0.15, 0.2) is 34.9 Å². The second kappa shape index (κ2) is 8.21. The van der Waals surface area contributed by atoms with E-state index in [4.69, 9.17) is 14.2 Å². The van der Waals surface area contributed by atoms with E-state index in [9.17, 15) is 35.1 Å². The third kappa shape index (κ3) is 3.58. The number of hydrogen-bond donors (Lipinski definition) is 5. The van der Waals surface area contributed by atoms with Crippen molar-refractivity contribution in [3.8, 4) is 0 Å². The highest BCUT2D eigenvalue weighted by atomic mass is 16.7. The van der Waals surface area contributed by atoms with E-state index in [1.54, 1.807) is 6.92 Å². The van der Waals surface area contributed by atoms with Crippen molar-refractivity contribution < 1.29 is 49.3 Å². The Kier molecular flexibility index (Phi) is 5.90. The molecule has 10 nitrogen and oxygen atoms in total. The van der Waals surface area contributed by atoms with Gasteiger partial charge >= 0.3 is 5.97 Å². The zero-order chi connectivity index (χ0) is 22.6. The third-order valence-electron chi connectivity index (χ3n) is 6.64. The first-order valence-corrected chi connectivity index (χ1v) is 10.1. The highest BCUT2D eigenvalue weighted by Gasteiger charge is 2.52. The lowest BCUT2D eigenvalue weighted by Crippen LogP contribution is -2.59. The standard InChI is InChI=1S/C21H26O10/c1-7-10-4-11(23)8(2)14-12(24)3-9(15(14)19(10)31-20(7)28)6-29-21-18(27)17(26)16(25)13(5-22)30-21/h3,10-11,13,15-19,21-23,25-27H,1,4-6H2,2H3/t10-,11+,13+,15-,16+,17-,18+,19-,21+/m0/s1. The van der Waals surface area contributed by atoms with Crippen LogP contribution < -0.4 is 0 Å². The Morgan fingerprint density at radius 1 is 1.16 bits per heavy atom. The molecule has 2 saturated heterocycles. The number of allylic oxidation sites excluding steroid dienone is 1. The van der Waals surface area contributed by atoms with Gasteiger partial charge in [-0.1, -0.05) is 6.58 Å². The van der Waals surface area contributed by atoms with Gasteiger partial charge in [0.1, 0.15) is 30.5 Å². The van der Waals surface area contributed by atoms with Crippen LogP contribution in [0.25, 0.3) is 0 Å². The van der Waals surface area contributed by atoms with Gasteiger partial charge in [0.15, 0.2) is 12.1 Å². The number of rotatable bonds is 4. The molecule has 5 N–H and O–H groups in total. The summed E-state index contributed by atoms with van der Waals surface area (Å²) in [5.41, 5.74) is 1.54. The summed E-state index contributed by atoms with van der Waals surface area (Å²) in [7, 11) is 0. The Morgan fingerprint density at radius 2 is 1.87 bits per heavy atom. The molecule has 4 rings (SSSR count). The number of hydrogen-bond acceptors (Lipinski definition) is 10. The van der Waals surface area contributed by atoms with E-state index >= 15 is 0 Å². The largest absolute Gasteiger partial charge is 0.457 e. The second-order valence-corrected chi connectivity index (χ2v) is 8.42. The first-order chi connectivity index (χ1) is 14.6. The number of ether oxygens (including phenoxy) is 3. The summed E-state index contributed by atoms with van der Waals surface area (Å²) in [6, 6.07) is 0. The number of esters is 1. The molecular formula is C21H26O10. The fourth-order valence-corrected chi connectivity index (χ4v) is 4.81. The highest BCUT2D eigenvalue weighted by Crippen LogP contribution is 2.47. The molecule has 0 unspecified atom stereocenters. The molecule has 0 aromatic carbocycles. The average Bonchev–Trinajstić information content (AvgIpc) is 3.17. The van der Waals surface area contributed by atoms with Crippen LogP contribution >= 0.6 is 0 Å². The van der Waals surface area contributed by atoms with Crippen LogP contribution in [-0.4, -0.2) is 93.4 Å². The minimum absolute atomic E-state index is 0.204. The molecule has 0 aromatic rings. The molecule has 0 radical (unpaired) electrons. The first-order valence-electron chi connectivity index (χ1n) is 10.1. The van der Waals surface area contributed by atoms with Gasteiger partial charge in [0.05, 0.1) is 19.3 Å². The molecule has 0 saturated carbocycles. The van der Waals surface area contributed by atoms with E-state index in [0.717, 1.165) is 0 Å². The lowest BCUT2D eigenvalue weighted by molar-refractivity contribution is -0.299. The molecule has 2 fully saturated rings. The molecule has 2 aliphatic carbocycles. The Bertz CT molecular complexity index is 858. The van der Waals surface area contributed by atoms with Crippen molar-refractivity contribution in [2.24, 2.45) is 11.8 Å². The van der Waals surface area contributed by atoms with Gasteiger partial charge in [0, 0.05) is 23.0 Å². The zero-order valence-electron chi connectivity index (χ0n) is 16.9. The summed E-state index contributed by atoms with van der Waals surface area (Å²) in [5, 5.41) is 49.8. The molecule has 31 heavy (non-hydrogen) atoms. The van der Waals surface area contributed by atoms with Gasteiger partial charge in [-0.3, -0.25) is 4.79 Å². The normalized spacial score (nSPS) is 42.8. The number of carbonyl (C=O) groups is 2. The maximum Gasteiger partial charge on any atom is 0.334 e. The van der Waals surface area contributed by atoms with E-state index in [1.165, 1.54) is 6.08 Å². The maximum atomic E-state index is 12.7. The predicted octanol–water partition coefficient (Wildman–Crippen LogP) is -1.89. The Labute approximate surface area is 178 Å². The van der Waals surface area contributed by atoms with Crippen molar-refractivity contribution in [1.29, 1.82) is 0 Å². The van der Waals surface area contributed by atoms with Crippen molar-refractivity contribution in [1.82, 2.24) is 0 Å². The van der Waals surface area contributed by atoms with E-state index in [1.807, 2.05) is 0 Å². The van der Waals surface area contributed by atoms with E-state index in [0.29, 0.717) is 16.7 Å².